The van der Waals surface area contributed by atoms with Gasteiger partial charge in [0, 0.05) is 24.6 Å². The van der Waals surface area contributed by atoms with Gasteiger partial charge in [0.1, 0.15) is 0 Å². The molecule has 0 saturated heterocycles. The summed E-state index contributed by atoms with van der Waals surface area (Å²) >= 11 is 0. The molecule has 6 heteroatoms. The van der Waals surface area contributed by atoms with E-state index in [0.29, 0.717) is 6.42 Å². The Hall–Kier alpha value is -3.02. The fourth-order valence-electron chi connectivity index (χ4n) is 4.47. The summed E-state index contributed by atoms with van der Waals surface area (Å²) in [6.07, 6.45) is -4.68. The molecule has 3 rings (SSSR count). The molecule has 0 aliphatic heterocycles. The number of para-hydroxylation sites is 1. The standard InChI is InChI=1S/C29H35F3N2O/c1-19(2)25-12-7-13-26(20(3)4)27(25)34-28(35)33-18-24(11-8-16-29(30,31)32)23-15-14-21-9-5-6-10-22(21)17-23/h5-7,9-10,12-15,17,19-20,24H,8,11,16,18H2,1-4H3,(H2,33,34,35). The first-order valence-electron chi connectivity index (χ1n) is 12.3. The molecule has 0 radical (unpaired) electrons. The van der Waals surface area contributed by atoms with E-state index < -0.39 is 12.6 Å². The van der Waals surface area contributed by atoms with Gasteiger partial charge < -0.3 is 10.6 Å². The number of amides is 2. The van der Waals surface area contributed by atoms with Crippen molar-refractivity contribution in [3.05, 3.63) is 77.4 Å². The minimum atomic E-state index is -4.19. The second-order valence-corrected chi connectivity index (χ2v) is 9.77. The van der Waals surface area contributed by atoms with E-state index in [1.54, 1.807) is 0 Å². The third kappa shape index (κ3) is 7.48. The zero-order valence-electron chi connectivity index (χ0n) is 20.9. The van der Waals surface area contributed by atoms with E-state index in [-0.39, 0.29) is 36.8 Å². The second kappa shape index (κ2) is 11.6. The van der Waals surface area contributed by atoms with E-state index in [1.165, 1.54) is 0 Å². The lowest BCUT2D eigenvalue weighted by Gasteiger charge is -2.22. The van der Waals surface area contributed by atoms with Gasteiger partial charge in [-0.05, 0) is 52.1 Å². The fraction of sp³-hybridized carbons (Fsp3) is 0.414. The number of alkyl halides is 3. The van der Waals surface area contributed by atoms with E-state index in [4.69, 9.17) is 0 Å². The molecule has 188 valence electrons. The van der Waals surface area contributed by atoms with Crippen molar-refractivity contribution in [3.63, 3.8) is 0 Å². The number of carbonyl (C=O) groups excluding carboxylic acids is 1. The first-order valence-corrected chi connectivity index (χ1v) is 12.3. The molecule has 35 heavy (non-hydrogen) atoms. The molecular formula is C29H35F3N2O. The number of carbonyl (C=O) groups is 1. The van der Waals surface area contributed by atoms with Gasteiger partial charge in [-0.25, -0.2) is 4.79 Å². The molecular weight excluding hydrogens is 449 g/mol. The number of benzene rings is 3. The van der Waals surface area contributed by atoms with E-state index in [0.717, 1.165) is 33.2 Å². The predicted octanol–water partition coefficient (Wildman–Crippen LogP) is 8.72. The maximum absolute atomic E-state index is 12.9. The Bertz CT molecular complexity index is 1110. The van der Waals surface area contributed by atoms with Gasteiger partial charge in [0.15, 0.2) is 0 Å². The molecule has 0 aliphatic rings. The lowest BCUT2D eigenvalue weighted by atomic mass is 9.91. The highest BCUT2D eigenvalue weighted by molar-refractivity contribution is 5.91. The van der Waals surface area contributed by atoms with Crippen molar-refractivity contribution in [3.8, 4) is 0 Å². The Morgan fingerprint density at radius 3 is 2.09 bits per heavy atom. The molecule has 1 unspecified atom stereocenters. The third-order valence-corrected chi connectivity index (χ3v) is 6.38. The van der Waals surface area contributed by atoms with Gasteiger partial charge in [-0.15, -0.1) is 0 Å². The van der Waals surface area contributed by atoms with E-state index in [9.17, 15) is 18.0 Å². The topological polar surface area (TPSA) is 41.1 Å². The summed E-state index contributed by atoms with van der Waals surface area (Å²) in [5.74, 6) is 0.242. The average Bonchev–Trinajstić information content (AvgIpc) is 2.80. The monoisotopic (exact) mass is 484 g/mol. The normalized spacial score (nSPS) is 12.8. The molecule has 3 aromatic rings. The third-order valence-electron chi connectivity index (χ3n) is 6.38. The number of hydrogen-bond acceptors (Lipinski definition) is 1. The quantitative estimate of drug-likeness (QED) is 0.313. The molecule has 0 saturated carbocycles. The van der Waals surface area contributed by atoms with Crippen LogP contribution in [0.4, 0.5) is 23.7 Å². The Morgan fingerprint density at radius 2 is 1.49 bits per heavy atom. The lowest BCUT2D eigenvalue weighted by Crippen LogP contribution is -2.33. The Morgan fingerprint density at radius 1 is 0.857 bits per heavy atom. The van der Waals surface area contributed by atoms with Crippen LogP contribution in [0.1, 0.15) is 81.4 Å². The van der Waals surface area contributed by atoms with Crippen LogP contribution in [0.15, 0.2) is 60.7 Å². The van der Waals surface area contributed by atoms with Crippen molar-refractivity contribution in [1.82, 2.24) is 5.32 Å². The molecule has 0 bridgehead atoms. The molecule has 3 aromatic carbocycles. The summed E-state index contributed by atoms with van der Waals surface area (Å²) in [7, 11) is 0. The zero-order valence-corrected chi connectivity index (χ0v) is 20.9. The van der Waals surface area contributed by atoms with Crippen LogP contribution in [0.3, 0.4) is 0 Å². The van der Waals surface area contributed by atoms with Gasteiger partial charge in [0.25, 0.3) is 0 Å². The van der Waals surface area contributed by atoms with Crippen LogP contribution in [0.2, 0.25) is 0 Å². The van der Waals surface area contributed by atoms with Gasteiger partial charge in [0.05, 0.1) is 0 Å². The van der Waals surface area contributed by atoms with Gasteiger partial charge >= 0.3 is 12.2 Å². The molecule has 2 N–H and O–H groups in total. The molecule has 0 heterocycles. The number of anilines is 1. The fourth-order valence-corrected chi connectivity index (χ4v) is 4.47. The molecule has 2 amide bonds. The van der Waals surface area contributed by atoms with Crippen LogP contribution in [0.5, 0.6) is 0 Å². The lowest BCUT2D eigenvalue weighted by molar-refractivity contribution is -0.135. The number of rotatable bonds is 9. The highest BCUT2D eigenvalue weighted by Crippen LogP contribution is 2.33. The predicted molar refractivity (Wildman–Crippen MR) is 138 cm³/mol. The van der Waals surface area contributed by atoms with Gasteiger partial charge in [-0.3, -0.25) is 0 Å². The summed E-state index contributed by atoms with van der Waals surface area (Å²) in [4.78, 5) is 12.9. The van der Waals surface area contributed by atoms with Crippen LogP contribution >= 0.6 is 0 Å². The van der Waals surface area contributed by atoms with Crippen molar-refractivity contribution in [1.29, 1.82) is 0 Å². The van der Waals surface area contributed by atoms with Crippen LogP contribution in [0, 0.1) is 0 Å². The average molecular weight is 485 g/mol. The Kier molecular flexibility index (Phi) is 8.82. The zero-order chi connectivity index (χ0) is 25.6. The van der Waals surface area contributed by atoms with Crippen LogP contribution < -0.4 is 10.6 Å². The van der Waals surface area contributed by atoms with Crippen molar-refractivity contribution in [2.24, 2.45) is 0 Å². The first-order chi connectivity index (χ1) is 16.5. The number of hydrogen-bond donors (Lipinski definition) is 2. The first kappa shape index (κ1) is 26.6. The van der Waals surface area contributed by atoms with Crippen molar-refractivity contribution in [2.45, 2.75) is 70.9 Å². The summed E-state index contributed by atoms with van der Waals surface area (Å²) in [6, 6.07) is 19.5. The van der Waals surface area contributed by atoms with Crippen LogP contribution in [-0.2, 0) is 0 Å². The van der Waals surface area contributed by atoms with Gasteiger partial charge in [0.2, 0.25) is 0 Å². The molecule has 0 spiro atoms. The molecule has 0 aliphatic carbocycles. The van der Waals surface area contributed by atoms with E-state index >= 15 is 0 Å². The number of nitrogens with one attached hydrogen (secondary N) is 2. The highest BCUT2D eigenvalue weighted by Gasteiger charge is 2.27. The minimum absolute atomic E-state index is 0.0119. The maximum Gasteiger partial charge on any atom is 0.389 e. The van der Waals surface area contributed by atoms with E-state index in [1.807, 2.05) is 60.7 Å². The minimum Gasteiger partial charge on any atom is -0.337 e. The number of fused-ring (bicyclic) bond motifs is 1. The highest BCUT2D eigenvalue weighted by atomic mass is 19.4. The molecule has 1 atom stereocenters. The largest absolute Gasteiger partial charge is 0.389 e. The summed E-state index contributed by atoms with van der Waals surface area (Å²) in [6.45, 7) is 8.58. The smallest absolute Gasteiger partial charge is 0.337 e. The van der Waals surface area contributed by atoms with Gasteiger partial charge in [-0.2, -0.15) is 13.2 Å². The van der Waals surface area contributed by atoms with Crippen LogP contribution in [-0.4, -0.2) is 18.8 Å². The van der Waals surface area contributed by atoms with Crippen molar-refractivity contribution < 1.29 is 18.0 Å². The summed E-state index contributed by atoms with van der Waals surface area (Å²) in [5, 5.41) is 8.06. The van der Waals surface area contributed by atoms with Crippen molar-refractivity contribution in [2.75, 3.05) is 11.9 Å². The summed E-state index contributed by atoms with van der Waals surface area (Å²) in [5.41, 5.74) is 3.86. The van der Waals surface area contributed by atoms with Crippen molar-refractivity contribution >= 4 is 22.5 Å². The second-order valence-electron chi connectivity index (χ2n) is 9.77. The van der Waals surface area contributed by atoms with E-state index in [2.05, 4.69) is 38.3 Å². The van der Waals surface area contributed by atoms with Gasteiger partial charge in [-0.1, -0.05) is 88.4 Å². The number of urea groups is 1. The Balaban J connectivity index is 1.77. The SMILES string of the molecule is CC(C)c1cccc(C(C)C)c1NC(=O)NCC(CCCC(F)(F)F)c1ccc2ccccc2c1. The molecule has 0 aromatic heterocycles. The number of halogens is 3. The summed E-state index contributed by atoms with van der Waals surface area (Å²) < 4.78 is 38.4. The Labute approximate surface area is 206 Å². The maximum atomic E-state index is 12.9. The molecule has 3 nitrogen and oxygen atoms in total. The molecule has 0 fully saturated rings. The van der Waals surface area contributed by atoms with Crippen LogP contribution in [0.25, 0.3) is 10.8 Å².